The second-order valence-corrected chi connectivity index (χ2v) is 3.87. The third kappa shape index (κ3) is 3.22. The maximum Gasteiger partial charge on any atom is 0.257 e. The Morgan fingerprint density at radius 3 is 2.88 bits per heavy atom. The molecule has 0 aliphatic rings. The first kappa shape index (κ1) is 13.0. The summed E-state index contributed by atoms with van der Waals surface area (Å²) >= 11 is 0. The summed E-state index contributed by atoms with van der Waals surface area (Å²) in [5, 5.41) is 2.59. The van der Waals surface area contributed by atoms with E-state index in [1.807, 2.05) is 13.8 Å². The van der Waals surface area contributed by atoms with Crippen LogP contribution in [0.5, 0.6) is 5.88 Å². The van der Waals surface area contributed by atoms with Gasteiger partial charge in [0.1, 0.15) is 5.56 Å². The molecule has 1 aromatic rings. The molecule has 0 fully saturated rings. The van der Waals surface area contributed by atoms with Crippen LogP contribution in [0.1, 0.15) is 35.7 Å². The van der Waals surface area contributed by atoms with E-state index in [0.717, 1.165) is 5.56 Å². The minimum atomic E-state index is -0.269. The molecule has 1 heterocycles. The third-order valence-corrected chi connectivity index (χ3v) is 2.33. The summed E-state index contributed by atoms with van der Waals surface area (Å²) in [4.78, 5) is 15.9. The zero-order valence-electron chi connectivity index (χ0n) is 10.3. The summed E-state index contributed by atoms with van der Waals surface area (Å²) in [5.74, 6) is 2.69. The van der Waals surface area contributed by atoms with E-state index in [1.54, 1.807) is 12.3 Å². The van der Waals surface area contributed by atoms with Gasteiger partial charge in [-0.2, -0.15) is 0 Å². The lowest BCUT2D eigenvalue weighted by Gasteiger charge is -2.10. The summed E-state index contributed by atoms with van der Waals surface area (Å²) in [6.07, 6.45) is 6.80. The van der Waals surface area contributed by atoms with E-state index in [1.165, 1.54) is 7.11 Å². The Morgan fingerprint density at radius 1 is 1.65 bits per heavy atom. The van der Waals surface area contributed by atoms with Crippen molar-refractivity contribution in [2.75, 3.05) is 13.7 Å². The first-order chi connectivity index (χ1) is 8.10. The first-order valence-electron chi connectivity index (χ1n) is 5.35. The highest BCUT2D eigenvalue weighted by atomic mass is 16.5. The van der Waals surface area contributed by atoms with Gasteiger partial charge in [0.25, 0.3) is 5.91 Å². The Balaban J connectivity index is 3.06. The topological polar surface area (TPSA) is 51.2 Å². The monoisotopic (exact) mass is 232 g/mol. The van der Waals surface area contributed by atoms with Crippen LogP contribution in [0.15, 0.2) is 12.3 Å². The molecule has 0 radical (unpaired) electrons. The van der Waals surface area contributed by atoms with Gasteiger partial charge in [0, 0.05) is 6.20 Å². The van der Waals surface area contributed by atoms with Crippen molar-refractivity contribution >= 4 is 5.91 Å². The Kier molecular flexibility index (Phi) is 4.53. The van der Waals surface area contributed by atoms with Crippen LogP contribution in [0.3, 0.4) is 0 Å². The largest absolute Gasteiger partial charge is 0.480 e. The molecule has 1 rings (SSSR count). The summed E-state index contributed by atoms with van der Waals surface area (Å²) in [5.41, 5.74) is 1.39. The lowest BCUT2D eigenvalue weighted by molar-refractivity contribution is 0.0955. The molecule has 0 aliphatic heterocycles. The average Bonchev–Trinajstić information content (AvgIpc) is 2.34. The highest BCUT2D eigenvalue weighted by Crippen LogP contribution is 2.21. The van der Waals surface area contributed by atoms with E-state index in [0.29, 0.717) is 17.4 Å². The fourth-order valence-electron chi connectivity index (χ4n) is 1.34. The molecule has 4 nitrogen and oxygen atoms in total. The molecule has 17 heavy (non-hydrogen) atoms. The molecule has 0 aliphatic carbocycles. The quantitative estimate of drug-likeness (QED) is 0.802. The van der Waals surface area contributed by atoms with Gasteiger partial charge in [-0.3, -0.25) is 4.79 Å². The Labute approximate surface area is 101 Å². The van der Waals surface area contributed by atoms with E-state index >= 15 is 0 Å². The van der Waals surface area contributed by atoms with Gasteiger partial charge < -0.3 is 10.1 Å². The van der Waals surface area contributed by atoms with E-state index in [-0.39, 0.29) is 12.5 Å². The number of aromatic nitrogens is 1. The Hall–Kier alpha value is -2.02. The van der Waals surface area contributed by atoms with Crippen molar-refractivity contribution in [2.24, 2.45) is 0 Å². The van der Waals surface area contributed by atoms with Crippen LogP contribution in [0.4, 0.5) is 0 Å². The third-order valence-electron chi connectivity index (χ3n) is 2.33. The minimum absolute atomic E-state index is 0.188. The molecule has 0 saturated carbocycles. The maximum absolute atomic E-state index is 11.8. The molecule has 0 aromatic carbocycles. The van der Waals surface area contributed by atoms with Crippen molar-refractivity contribution in [1.82, 2.24) is 10.3 Å². The fraction of sp³-hybridized carbons (Fsp3) is 0.385. The lowest BCUT2D eigenvalue weighted by Crippen LogP contribution is -2.24. The number of hydrogen-bond acceptors (Lipinski definition) is 3. The molecule has 1 aromatic heterocycles. The molecular weight excluding hydrogens is 216 g/mol. The number of pyridine rings is 1. The van der Waals surface area contributed by atoms with Crippen LogP contribution in [-0.2, 0) is 0 Å². The number of rotatable bonds is 4. The van der Waals surface area contributed by atoms with Crippen LogP contribution >= 0.6 is 0 Å². The van der Waals surface area contributed by atoms with Gasteiger partial charge in [-0.05, 0) is 17.5 Å². The predicted octanol–water partition coefficient (Wildman–Crippen LogP) is 1.58. The number of methoxy groups -OCH3 is 1. The summed E-state index contributed by atoms with van der Waals surface area (Å²) < 4.78 is 5.06. The van der Waals surface area contributed by atoms with Crippen molar-refractivity contribution < 1.29 is 9.53 Å². The van der Waals surface area contributed by atoms with E-state index < -0.39 is 0 Å². The minimum Gasteiger partial charge on any atom is -0.480 e. The van der Waals surface area contributed by atoms with Gasteiger partial charge in [-0.15, -0.1) is 6.42 Å². The van der Waals surface area contributed by atoms with Gasteiger partial charge in [0.15, 0.2) is 0 Å². The second-order valence-electron chi connectivity index (χ2n) is 3.87. The van der Waals surface area contributed by atoms with Gasteiger partial charge >= 0.3 is 0 Å². The van der Waals surface area contributed by atoms with E-state index in [2.05, 4.69) is 16.2 Å². The number of hydrogen-bond donors (Lipinski definition) is 1. The van der Waals surface area contributed by atoms with Gasteiger partial charge in [-0.25, -0.2) is 4.98 Å². The van der Waals surface area contributed by atoms with Crippen molar-refractivity contribution in [3.05, 3.63) is 23.4 Å². The maximum atomic E-state index is 11.8. The molecule has 0 bridgehead atoms. The zero-order chi connectivity index (χ0) is 12.8. The molecular formula is C13H16N2O2. The molecule has 0 saturated heterocycles. The number of carbonyl (C=O) groups is 1. The standard InChI is InChI=1S/C13H16N2O2/c1-5-6-14-12(16)11-7-10(9(2)3)8-15-13(11)17-4/h1,7-9H,6H2,2-4H3,(H,14,16). The predicted molar refractivity (Wildman–Crippen MR) is 66.0 cm³/mol. The normalized spacial score (nSPS) is 9.82. The molecule has 0 spiro atoms. The summed E-state index contributed by atoms with van der Waals surface area (Å²) in [7, 11) is 1.48. The molecule has 90 valence electrons. The molecule has 1 amide bonds. The second kappa shape index (κ2) is 5.90. The number of amides is 1. The average molecular weight is 232 g/mol. The van der Waals surface area contributed by atoms with Gasteiger partial charge in [0.05, 0.1) is 13.7 Å². The fourth-order valence-corrected chi connectivity index (χ4v) is 1.34. The molecule has 4 heteroatoms. The highest BCUT2D eigenvalue weighted by Gasteiger charge is 2.14. The molecule has 1 N–H and O–H groups in total. The lowest BCUT2D eigenvalue weighted by atomic mass is 10.0. The number of carbonyl (C=O) groups excluding carboxylic acids is 1. The highest BCUT2D eigenvalue weighted by molar-refractivity contribution is 5.96. The van der Waals surface area contributed by atoms with Crippen LogP contribution < -0.4 is 10.1 Å². The SMILES string of the molecule is C#CCNC(=O)c1cc(C(C)C)cnc1OC. The molecule has 0 unspecified atom stereocenters. The van der Waals surface area contributed by atoms with Gasteiger partial charge in [-0.1, -0.05) is 19.8 Å². The zero-order valence-corrected chi connectivity index (χ0v) is 10.3. The van der Waals surface area contributed by atoms with Crippen molar-refractivity contribution in [1.29, 1.82) is 0 Å². The number of nitrogens with one attached hydrogen (secondary N) is 1. The van der Waals surface area contributed by atoms with E-state index in [9.17, 15) is 4.79 Å². The number of ether oxygens (including phenoxy) is 1. The van der Waals surface area contributed by atoms with Crippen molar-refractivity contribution in [3.63, 3.8) is 0 Å². The molecule has 0 atom stereocenters. The number of nitrogens with zero attached hydrogens (tertiary/aromatic N) is 1. The van der Waals surface area contributed by atoms with Crippen molar-refractivity contribution in [3.8, 4) is 18.2 Å². The van der Waals surface area contributed by atoms with Crippen LogP contribution in [0.2, 0.25) is 0 Å². The van der Waals surface area contributed by atoms with Crippen LogP contribution in [0, 0.1) is 12.3 Å². The Bertz CT molecular complexity index is 447. The van der Waals surface area contributed by atoms with Crippen LogP contribution in [-0.4, -0.2) is 24.5 Å². The summed E-state index contributed by atoms with van der Waals surface area (Å²) in [6, 6.07) is 1.78. The van der Waals surface area contributed by atoms with Crippen LogP contribution in [0.25, 0.3) is 0 Å². The van der Waals surface area contributed by atoms with E-state index in [4.69, 9.17) is 11.2 Å². The smallest absolute Gasteiger partial charge is 0.257 e. The summed E-state index contributed by atoms with van der Waals surface area (Å²) in [6.45, 7) is 4.26. The first-order valence-corrected chi connectivity index (χ1v) is 5.35. The Morgan fingerprint density at radius 2 is 2.35 bits per heavy atom. The number of terminal acetylenes is 1. The van der Waals surface area contributed by atoms with Crippen molar-refractivity contribution in [2.45, 2.75) is 19.8 Å². The van der Waals surface area contributed by atoms with Gasteiger partial charge in [0.2, 0.25) is 5.88 Å².